The molecular formula is C27H25N3O. The molecule has 154 valence electrons. The van der Waals surface area contributed by atoms with Gasteiger partial charge in [-0.25, -0.2) is 0 Å². The minimum absolute atomic E-state index is 0.490. The van der Waals surface area contributed by atoms with Crippen molar-refractivity contribution < 1.29 is 4.79 Å². The second-order valence-corrected chi connectivity index (χ2v) is 7.68. The number of allylic oxidation sites excluding steroid dienone is 4. The number of nitrogens with zero attached hydrogens (tertiary/aromatic N) is 3. The lowest BCUT2D eigenvalue weighted by molar-refractivity contribution is -0.116. The van der Waals surface area contributed by atoms with Crippen LogP contribution in [0, 0.1) is 22.7 Å². The molecule has 1 aliphatic heterocycles. The molecule has 0 fully saturated rings. The van der Waals surface area contributed by atoms with E-state index in [-0.39, 0.29) is 0 Å². The lowest BCUT2D eigenvalue weighted by atomic mass is 9.83. The topological polar surface area (TPSA) is 67.9 Å². The minimum atomic E-state index is -0.844. The van der Waals surface area contributed by atoms with E-state index < -0.39 is 5.54 Å². The second-order valence-electron chi connectivity index (χ2n) is 7.68. The third kappa shape index (κ3) is 5.18. The summed E-state index contributed by atoms with van der Waals surface area (Å²) in [5.41, 5.74) is 3.31. The summed E-state index contributed by atoms with van der Waals surface area (Å²) in [6, 6.07) is 19.1. The van der Waals surface area contributed by atoms with E-state index in [0.29, 0.717) is 24.0 Å². The molecule has 2 aromatic carbocycles. The van der Waals surface area contributed by atoms with Gasteiger partial charge in [0.1, 0.15) is 11.8 Å². The largest absolute Gasteiger partial charge is 0.335 e. The highest BCUT2D eigenvalue weighted by Crippen LogP contribution is 2.31. The summed E-state index contributed by atoms with van der Waals surface area (Å²) in [6.45, 7) is 2.13. The lowest BCUT2D eigenvalue weighted by Gasteiger charge is -2.41. The van der Waals surface area contributed by atoms with Crippen molar-refractivity contribution in [3.05, 3.63) is 107 Å². The zero-order valence-corrected chi connectivity index (χ0v) is 17.7. The van der Waals surface area contributed by atoms with Crippen molar-refractivity contribution in [3.63, 3.8) is 0 Å². The summed E-state index contributed by atoms with van der Waals surface area (Å²) in [7, 11) is 0. The molecule has 4 heteroatoms. The van der Waals surface area contributed by atoms with E-state index >= 15 is 0 Å². The standard InChI is InChI=1S/C27H25N3O/c1-2-3-6-26-7-4-5-16-30(26)27(21-31,17-22-8-12-24(19-28)13-9-22)18-23-10-14-25(20-29)15-11-23/h4-16,21H,2-3,17-18H2,1H3/b26-6+. The van der Waals surface area contributed by atoms with E-state index in [1.807, 2.05) is 48.7 Å². The van der Waals surface area contributed by atoms with Crippen LogP contribution in [0.5, 0.6) is 0 Å². The molecule has 0 saturated heterocycles. The van der Waals surface area contributed by atoms with Gasteiger partial charge in [-0.05, 0) is 54.0 Å². The van der Waals surface area contributed by atoms with Gasteiger partial charge < -0.3 is 9.69 Å². The number of carbonyl (C=O) groups is 1. The molecule has 0 saturated carbocycles. The van der Waals surface area contributed by atoms with Crippen LogP contribution in [0.15, 0.2) is 84.7 Å². The van der Waals surface area contributed by atoms with E-state index in [4.69, 9.17) is 10.5 Å². The summed E-state index contributed by atoms with van der Waals surface area (Å²) in [6.07, 6.45) is 14.0. The summed E-state index contributed by atoms with van der Waals surface area (Å²) in [5, 5.41) is 18.2. The van der Waals surface area contributed by atoms with Crippen LogP contribution in [0.25, 0.3) is 0 Å². The van der Waals surface area contributed by atoms with Crippen LogP contribution in [-0.2, 0) is 17.6 Å². The number of unbranched alkanes of at least 4 members (excludes halogenated alkanes) is 1. The van der Waals surface area contributed by atoms with Gasteiger partial charge in [0.15, 0.2) is 0 Å². The Labute approximate surface area is 184 Å². The van der Waals surface area contributed by atoms with Crippen molar-refractivity contribution in [2.45, 2.75) is 38.1 Å². The predicted octanol–water partition coefficient (Wildman–Crippen LogP) is 5.22. The molecule has 0 bridgehead atoms. The van der Waals surface area contributed by atoms with Gasteiger partial charge >= 0.3 is 0 Å². The summed E-state index contributed by atoms with van der Waals surface area (Å²) >= 11 is 0. The Balaban J connectivity index is 2.04. The Kier molecular flexibility index (Phi) is 7.20. The fourth-order valence-electron chi connectivity index (χ4n) is 3.79. The third-order valence-electron chi connectivity index (χ3n) is 5.42. The highest BCUT2D eigenvalue weighted by Gasteiger charge is 2.37. The first-order valence-corrected chi connectivity index (χ1v) is 10.4. The summed E-state index contributed by atoms with van der Waals surface area (Å²) in [4.78, 5) is 14.8. The smallest absolute Gasteiger partial charge is 0.146 e. The molecule has 3 rings (SSSR count). The highest BCUT2D eigenvalue weighted by molar-refractivity contribution is 5.68. The van der Waals surface area contributed by atoms with Crippen LogP contribution < -0.4 is 0 Å². The third-order valence-corrected chi connectivity index (χ3v) is 5.42. The first kappa shape index (κ1) is 21.8. The van der Waals surface area contributed by atoms with Crippen LogP contribution in [0.3, 0.4) is 0 Å². The minimum Gasteiger partial charge on any atom is -0.335 e. The van der Waals surface area contributed by atoms with Crippen molar-refractivity contribution in [1.82, 2.24) is 4.90 Å². The van der Waals surface area contributed by atoms with Gasteiger partial charge in [0.2, 0.25) is 0 Å². The van der Waals surface area contributed by atoms with E-state index in [1.54, 1.807) is 24.3 Å². The fourth-order valence-corrected chi connectivity index (χ4v) is 3.79. The first-order chi connectivity index (χ1) is 15.1. The Bertz CT molecular complexity index is 1020. The molecule has 0 aromatic heterocycles. The average Bonchev–Trinajstić information content (AvgIpc) is 2.83. The van der Waals surface area contributed by atoms with Crippen LogP contribution in [0.2, 0.25) is 0 Å². The quantitative estimate of drug-likeness (QED) is 0.563. The van der Waals surface area contributed by atoms with Crippen molar-refractivity contribution in [3.8, 4) is 12.1 Å². The van der Waals surface area contributed by atoms with Crippen molar-refractivity contribution in [2.75, 3.05) is 0 Å². The van der Waals surface area contributed by atoms with Gasteiger partial charge in [0.05, 0.1) is 23.3 Å². The molecule has 0 radical (unpaired) electrons. The molecule has 0 atom stereocenters. The molecule has 0 N–H and O–H groups in total. The Hall–Kier alpha value is -3.89. The zero-order valence-electron chi connectivity index (χ0n) is 17.7. The number of rotatable bonds is 8. The van der Waals surface area contributed by atoms with E-state index in [2.05, 4.69) is 30.0 Å². The maximum absolute atomic E-state index is 12.8. The molecule has 31 heavy (non-hydrogen) atoms. The van der Waals surface area contributed by atoms with Gasteiger partial charge in [-0.3, -0.25) is 0 Å². The Morgan fingerprint density at radius 2 is 1.45 bits per heavy atom. The number of carbonyl (C=O) groups excluding carboxylic acids is 1. The molecule has 0 amide bonds. The average molecular weight is 408 g/mol. The van der Waals surface area contributed by atoms with Gasteiger partial charge in [0.25, 0.3) is 0 Å². The molecule has 1 heterocycles. The van der Waals surface area contributed by atoms with Gasteiger partial charge in [-0.15, -0.1) is 0 Å². The predicted molar refractivity (Wildman–Crippen MR) is 122 cm³/mol. The Morgan fingerprint density at radius 1 is 0.903 bits per heavy atom. The normalized spacial score (nSPS) is 14.3. The molecule has 4 nitrogen and oxygen atoms in total. The van der Waals surface area contributed by atoms with E-state index in [0.717, 1.165) is 36.0 Å². The molecule has 1 aliphatic rings. The van der Waals surface area contributed by atoms with Crippen LogP contribution in [0.1, 0.15) is 42.0 Å². The molecule has 2 aromatic rings. The second kappa shape index (κ2) is 10.2. The van der Waals surface area contributed by atoms with E-state index in [9.17, 15) is 4.79 Å². The van der Waals surface area contributed by atoms with Crippen LogP contribution in [0.4, 0.5) is 0 Å². The van der Waals surface area contributed by atoms with Crippen molar-refractivity contribution >= 4 is 6.29 Å². The van der Waals surface area contributed by atoms with Crippen LogP contribution >= 0.6 is 0 Å². The highest BCUT2D eigenvalue weighted by atomic mass is 16.1. The number of aldehydes is 1. The van der Waals surface area contributed by atoms with Crippen molar-refractivity contribution in [1.29, 1.82) is 10.5 Å². The summed E-state index contributed by atoms with van der Waals surface area (Å²) in [5.74, 6) is 0. The molecule has 0 unspecified atom stereocenters. The summed E-state index contributed by atoms with van der Waals surface area (Å²) < 4.78 is 0. The first-order valence-electron chi connectivity index (χ1n) is 10.4. The zero-order chi connectivity index (χ0) is 22.1. The monoisotopic (exact) mass is 407 g/mol. The number of nitriles is 2. The lowest BCUT2D eigenvalue weighted by Crippen LogP contribution is -2.50. The van der Waals surface area contributed by atoms with Crippen molar-refractivity contribution in [2.24, 2.45) is 0 Å². The van der Waals surface area contributed by atoms with E-state index in [1.165, 1.54) is 0 Å². The molecular weight excluding hydrogens is 382 g/mol. The Morgan fingerprint density at radius 3 is 1.90 bits per heavy atom. The van der Waals surface area contributed by atoms with Gasteiger partial charge in [-0.2, -0.15) is 10.5 Å². The molecule has 0 aliphatic carbocycles. The van der Waals surface area contributed by atoms with Gasteiger partial charge in [0, 0.05) is 24.7 Å². The molecule has 0 spiro atoms. The SMILES string of the molecule is CCC/C=C1\C=CC=CN1C(C=O)(Cc1ccc(C#N)cc1)Cc1ccc(C#N)cc1. The number of benzene rings is 2. The fraction of sp³-hybridized carbons (Fsp3) is 0.222. The number of hydrogen-bond acceptors (Lipinski definition) is 4. The maximum atomic E-state index is 12.8. The van der Waals surface area contributed by atoms with Gasteiger partial charge in [-0.1, -0.05) is 49.8 Å². The maximum Gasteiger partial charge on any atom is 0.146 e. The number of hydrogen-bond donors (Lipinski definition) is 0. The van der Waals surface area contributed by atoms with Crippen LogP contribution in [-0.4, -0.2) is 16.7 Å².